The van der Waals surface area contributed by atoms with Crippen LogP contribution in [-0.2, 0) is 11.3 Å². The number of likely N-dealkylation sites (tertiary alicyclic amines) is 1. The SMILES string of the molecule is O=C1C[C@@H](Nc2nccc(-c3ccccn3)n2)CN1Cc1ccccc1. The summed E-state index contributed by atoms with van der Waals surface area (Å²) in [6.07, 6.45) is 3.89. The van der Waals surface area contributed by atoms with Gasteiger partial charge in [0.1, 0.15) is 0 Å². The van der Waals surface area contributed by atoms with Crippen LogP contribution in [0.2, 0.25) is 0 Å². The third kappa shape index (κ3) is 3.69. The van der Waals surface area contributed by atoms with Crippen LogP contribution in [0.15, 0.2) is 67.0 Å². The molecule has 1 N–H and O–H groups in total. The molecule has 0 saturated carbocycles. The van der Waals surface area contributed by atoms with Gasteiger partial charge in [0, 0.05) is 31.9 Å². The van der Waals surface area contributed by atoms with Crippen LogP contribution in [0.5, 0.6) is 0 Å². The van der Waals surface area contributed by atoms with E-state index >= 15 is 0 Å². The molecule has 130 valence electrons. The lowest BCUT2D eigenvalue weighted by molar-refractivity contribution is -0.128. The van der Waals surface area contributed by atoms with E-state index in [9.17, 15) is 4.79 Å². The highest BCUT2D eigenvalue weighted by molar-refractivity contribution is 5.80. The Morgan fingerprint density at radius 1 is 0.962 bits per heavy atom. The van der Waals surface area contributed by atoms with Gasteiger partial charge in [-0.1, -0.05) is 36.4 Å². The second-order valence-corrected chi connectivity index (χ2v) is 6.29. The van der Waals surface area contributed by atoms with E-state index in [1.807, 2.05) is 59.5 Å². The monoisotopic (exact) mass is 345 g/mol. The summed E-state index contributed by atoms with van der Waals surface area (Å²) in [5.74, 6) is 0.666. The molecule has 1 aliphatic rings. The van der Waals surface area contributed by atoms with Crippen molar-refractivity contribution in [2.24, 2.45) is 0 Å². The molecule has 1 atom stereocenters. The molecule has 26 heavy (non-hydrogen) atoms. The van der Waals surface area contributed by atoms with Crippen molar-refractivity contribution in [3.8, 4) is 11.4 Å². The molecule has 1 saturated heterocycles. The molecule has 6 nitrogen and oxygen atoms in total. The zero-order valence-corrected chi connectivity index (χ0v) is 14.2. The molecule has 0 spiro atoms. The molecule has 6 heteroatoms. The maximum absolute atomic E-state index is 12.3. The van der Waals surface area contributed by atoms with Crippen molar-refractivity contribution in [3.05, 3.63) is 72.6 Å². The maximum Gasteiger partial charge on any atom is 0.225 e. The first-order valence-corrected chi connectivity index (χ1v) is 8.60. The minimum Gasteiger partial charge on any atom is -0.349 e. The number of amides is 1. The number of nitrogens with one attached hydrogen (secondary N) is 1. The molecule has 1 fully saturated rings. The van der Waals surface area contributed by atoms with Gasteiger partial charge in [-0.3, -0.25) is 9.78 Å². The molecule has 3 aromatic rings. The average Bonchev–Trinajstić information content (AvgIpc) is 3.02. The molecule has 1 aliphatic heterocycles. The average molecular weight is 345 g/mol. The maximum atomic E-state index is 12.3. The standard InChI is InChI=1S/C20H19N5O/c26-19-12-16(14-25(19)13-15-6-2-1-3-7-15)23-20-22-11-9-18(24-20)17-8-4-5-10-21-17/h1-11,16H,12-14H2,(H,22,23,24)/t16-/m1/s1. The fraction of sp³-hybridized carbons (Fsp3) is 0.200. The van der Waals surface area contributed by atoms with Gasteiger partial charge in [-0.15, -0.1) is 0 Å². The molecule has 0 radical (unpaired) electrons. The molecule has 1 amide bonds. The second-order valence-electron chi connectivity index (χ2n) is 6.29. The molecule has 0 unspecified atom stereocenters. The Hall–Kier alpha value is -3.28. The molecule has 0 aliphatic carbocycles. The highest BCUT2D eigenvalue weighted by Gasteiger charge is 2.29. The number of pyridine rings is 1. The minimum atomic E-state index is 0.00481. The van der Waals surface area contributed by atoms with Crippen molar-refractivity contribution < 1.29 is 4.79 Å². The van der Waals surface area contributed by atoms with Crippen molar-refractivity contribution in [2.45, 2.75) is 19.0 Å². The number of carbonyl (C=O) groups is 1. The van der Waals surface area contributed by atoms with E-state index in [4.69, 9.17) is 0 Å². The molecule has 2 aromatic heterocycles. The summed E-state index contributed by atoms with van der Waals surface area (Å²) in [6, 6.07) is 17.6. The molecule has 0 bridgehead atoms. The number of benzene rings is 1. The lowest BCUT2D eigenvalue weighted by Gasteiger charge is -2.17. The predicted octanol–water partition coefficient (Wildman–Crippen LogP) is 2.75. The molecular weight excluding hydrogens is 326 g/mol. The van der Waals surface area contributed by atoms with E-state index in [-0.39, 0.29) is 11.9 Å². The van der Waals surface area contributed by atoms with Crippen molar-refractivity contribution in [1.82, 2.24) is 19.9 Å². The first-order chi connectivity index (χ1) is 12.8. The van der Waals surface area contributed by atoms with Crippen molar-refractivity contribution in [2.75, 3.05) is 11.9 Å². The van der Waals surface area contributed by atoms with E-state index in [0.29, 0.717) is 25.5 Å². The number of hydrogen-bond acceptors (Lipinski definition) is 5. The third-order valence-corrected chi connectivity index (χ3v) is 4.35. The van der Waals surface area contributed by atoms with Gasteiger partial charge in [0.25, 0.3) is 0 Å². The predicted molar refractivity (Wildman–Crippen MR) is 99.1 cm³/mol. The van der Waals surface area contributed by atoms with Crippen LogP contribution in [0.1, 0.15) is 12.0 Å². The molecule has 3 heterocycles. The number of carbonyl (C=O) groups excluding carboxylic acids is 1. The summed E-state index contributed by atoms with van der Waals surface area (Å²) in [5, 5.41) is 3.28. The van der Waals surface area contributed by atoms with E-state index in [1.165, 1.54) is 0 Å². The summed E-state index contributed by atoms with van der Waals surface area (Å²) in [6.45, 7) is 1.28. The van der Waals surface area contributed by atoms with E-state index in [2.05, 4.69) is 20.3 Å². The number of nitrogens with zero attached hydrogens (tertiary/aromatic N) is 4. The zero-order chi connectivity index (χ0) is 17.8. The summed E-state index contributed by atoms with van der Waals surface area (Å²) < 4.78 is 0. The van der Waals surface area contributed by atoms with Gasteiger partial charge in [-0.05, 0) is 23.8 Å². The number of aromatic nitrogens is 3. The fourth-order valence-electron chi connectivity index (χ4n) is 3.09. The summed E-state index contributed by atoms with van der Waals surface area (Å²) in [5.41, 5.74) is 2.69. The molecular formula is C20H19N5O. The lowest BCUT2D eigenvalue weighted by atomic mass is 10.2. The first-order valence-electron chi connectivity index (χ1n) is 8.60. The van der Waals surface area contributed by atoms with Crippen LogP contribution in [0, 0.1) is 0 Å². The van der Waals surface area contributed by atoms with Gasteiger partial charge < -0.3 is 10.2 Å². The van der Waals surface area contributed by atoms with E-state index < -0.39 is 0 Å². The van der Waals surface area contributed by atoms with Crippen molar-refractivity contribution in [1.29, 1.82) is 0 Å². The first kappa shape index (κ1) is 16.2. The second kappa shape index (κ2) is 7.31. The smallest absolute Gasteiger partial charge is 0.225 e. The van der Waals surface area contributed by atoms with Gasteiger partial charge in [0.2, 0.25) is 11.9 Å². The van der Waals surface area contributed by atoms with Crippen LogP contribution in [0.4, 0.5) is 5.95 Å². The topological polar surface area (TPSA) is 71.0 Å². The van der Waals surface area contributed by atoms with Crippen LogP contribution < -0.4 is 5.32 Å². The Morgan fingerprint density at radius 3 is 2.62 bits per heavy atom. The summed E-state index contributed by atoms with van der Waals surface area (Å²) in [7, 11) is 0. The minimum absolute atomic E-state index is 0.00481. The quantitative estimate of drug-likeness (QED) is 0.770. The van der Waals surface area contributed by atoms with Gasteiger partial charge in [0.05, 0.1) is 17.4 Å². The third-order valence-electron chi connectivity index (χ3n) is 4.35. The fourth-order valence-corrected chi connectivity index (χ4v) is 3.09. The van der Waals surface area contributed by atoms with E-state index in [0.717, 1.165) is 17.0 Å². The van der Waals surface area contributed by atoms with Gasteiger partial charge >= 0.3 is 0 Å². The lowest BCUT2D eigenvalue weighted by Crippen LogP contribution is -2.28. The molecule has 1 aromatic carbocycles. The normalized spacial score (nSPS) is 16.7. The number of hydrogen-bond donors (Lipinski definition) is 1. The highest BCUT2D eigenvalue weighted by Crippen LogP contribution is 2.19. The van der Waals surface area contributed by atoms with Gasteiger partial charge in [-0.2, -0.15) is 0 Å². The Balaban J connectivity index is 1.43. The Bertz CT molecular complexity index is 885. The van der Waals surface area contributed by atoms with Crippen LogP contribution in [0.3, 0.4) is 0 Å². The Morgan fingerprint density at radius 2 is 1.81 bits per heavy atom. The largest absolute Gasteiger partial charge is 0.349 e. The highest BCUT2D eigenvalue weighted by atomic mass is 16.2. The van der Waals surface area contributed by atoms with Crippen molar-refractivity contribution >= 4 is 11.9 Å². The number of anilines is 1. The van der Waals surface area contributed by atoms with Crippen LogP contribution in [-0.4, -0.2) is 38.3 Å². The van der Waals surface area contributed by atoms with Crippen molar-refractivity contribution in [3.63, 3.8) is 0 Å². The Labute approximate surface area is 151 Å². The summed E-state index contributed by atoms with van der Waals surface area (Å²) >= 11 is 0. The van der Waals surface area contributed by atoms with Crippen LogP contribution >= 0.6 is 0 Å². The van der Waals surface area contributed by atoms with E-state index in [1.54, 1.807) is 12.4 Å². The number of rotatable bonds is 5. The Kier molecular flexibility index (Phi) is 4.55. The van der Waals surface area contributed by atoms with Gasteiger partial charge in [0.15, 0.2) is 0 Å². The van der Waals surface area contributed by atoms with Gasteiger partial charge in [-0.25, -0.2) is 9.97 Å². The zero-order valence-electron chi connectivity index (χ0n) is 14.2. The molecule has 4 rings (SSSR count). The van der Waals surface area contributed by atoms with Crippen LogP contribution in [0.25, 0.3) is 11.4 Å². The summed E-state index contributed by atoms with van der Waals surface area (Å²) in [4.78, 5) is 27.3.